The van der Waals surface area contributed by atoms with Crippen molar-refractivity contribution in [2.75, 3.05) is 18.6 Å². The number of carbonyl (C=O) groups is 5. The van der Waals surface area contributed by atoms with Gasteiger partial charge in [-0.2, -0.15) is 11.8 Å². The lowest BCUT2D eigenvalue weighted by Gasteiger charge is -2.23. The van der Waals surface area contributed by atoms with E-state index in [1.807, 2.05) is 0 Å². The first kappa shape index (κ1) is 25.6. The topological polar surface area (TPSA) is 214 Å². The van der Waals surface area contributed by atoms with Crippen LogP contribution in [0.3, 0.4) is 0 Å². The number of aliphatic carboxylic acids is 1. The fourth-order valence-electron chi connectivity index (χ4n) is 1.99. The van der Waals surface area contributed by atoms with E-state index in [2.05, 4.69) is 16.0 Å². The molecule has 0 rings (SSSR count). The summed E-state index contributed by atoms with van der Waals surface area (Å²) in [6.45, 7) is 0.667. The molecule has 4 amide bonds. The fraction of sp³-hybridized carbons (Fsp3) is 0.667. The van der Waals surface area contributed by atoms with E-state index in [-0.39, 0.29) is 6.42 Å². The summed E-state index contributed by atoms with van der Waals surface area (Å²) in [4.78, 5) is 57.7. The van der Waals surface area contributed by atoms with Crippen LogP contribution in [-0.4, -0.2) is 82.6 Å². The van der Waals surface area contributed by atoms with E-state index in [0.717, 1.165) is 0 Å². The van der Waals surface area contributed by atoms with E-state index >= 15 is 0 Å². The Bertz CT molecular complexity index is 587. The minimum absolute atomic E-state index is 0.163. The molecule has 0 fully saturated rings. The number of rotatable bonds is 13. The zero-order valence-electron chi connectivity index (χ0n) is 15.6. The van der Waals surface area contributed by atoms with Crippen LogP contribution in [0.4, 0.5) is 0 Å². The molecule has 0 aromatic heterocycles. The lowest BCUT2D eigenvalue weighted by atomic mass is 10.1. The Labute approximate surface area is 166 Å². The molecule has 4 unspecified atom stereocenters. The SMILES string of the molecule is CSCCC(NC(=O)C(NC(=O)CNC(=O)C(N)CC(N)=O)C(C)O)C(=O)O. The van der Waals surface area contributed by atoms with Gasteiger partial charge >= 0.3 is 5.97 Å². The van der Waals surface area contributed by atoms with Crippen LogP contribution in [0.2, 0.25) is 0 Å². The summed E-state index contributed by atoms with van der Waals surface area (Å²) in [5, 5.41) is 25.5. The quantitative estimate of drug-likeness (QED) is 0.157. The van der Waals surface area contributed by atoms with Gasteiger partial charge < -0.3 is 37.6 Å². The van der Waals surface area contributed by atoms with Crippen LogP contribution in [0.25, 0.3) is 0 Å². The first-order chi connectivity index (χ1) is 13.0. The molecule has 0 aromatic carbocycles. The van der Waals surface area contributed by atoms with Crippen LogP contribution in [0.15, 0.2) is 0 Å². The Kier molecular flexibility index (Phi) is 11.8. The van der Waals surface area contributed by atoms with Gasteiger partial charge in [-0.05, 0) is 25.4 Å². The predicted molar refractivity (Wildman–Crippen MR) is 101 cm³/mol. The summed E-state index contributed by atoms with van der Waals surface area (Å²) in [6.07, 6.45) is 0.213. The Morgan fingerprint density at radius 1 is 1.11 bits per heavy atom. The molecule has 0 aromatic rings. The van der Waals surface area contributed by atoms with Gasteiger partial charge in [0.1, 0.15) is 12.1 Å². The third-order valence-corrected chi connectivity index (χ3v) is 4.13. The molecule has 0 bridgehead atoms. The lowest BCUT2D eigenvalue weighted by Crippen LogP contribution is -2.57. The summed E-state index contributed by atoms with van der Waals surface area (Å²) < 4.78 is 0. The first-order valence-corrected chi connectivity index (χ1v) is 9.70. The highest BCUT2D eigenvalue weighted by Gasteiger charge is 2.29. The van der Waals surface area contributed by atoms with E-state index in [1.54, 1.807) is 6.26 Å². The second-order valence-corrected chi connectivity index (χ2v) is 6.95. The van der Waals surface area contributed by atoms with Crippen molar-refractivity contribution in [3.63, 3.8) is 0 Å². The molecule has 9 N–H and O–H groups in total. The fourth-order valence-corrected chi connectivity index (χ4v) is 2.46. The van der Waals surface area contributed by atoms with Gasteiger partial charge in [0.25, 0.3) is 0 Å². The Morgan fingerprint density at radius 2 is 1.71 bits per heavy atom. The maximum atomic E-state index is 12.3. The number of aliphatic hydroxyl groups is 1. The Morgan fingerprint density at radius 3 is 2.18 bits per heavy atom. The monoisotopic (exact) mass is 421 g/mol. The lowest BCUT2D eigenvalue weighted by molar-refractivity contribution is -0.143. The minimum atomic E-state index is -1.43. The number of carbonyl (C=O) groups excluding carboxylic acids is 4. The molecule has 0 spiro atoms. The molecule has 0 heterocycles. The van der Waals surface area contributed by atoms with Gasteiger partial charge in [-0.15, -0.1) is 0 Å². The van der Waals surface area contributed by atoms with Gasteiger partial charge in [-0.1, -0.05) is 0 Å². The molecular formula is C15H27N5O7S. The van der Waals surface area contributed by atoms with Crippen LogP contribution in [0, 0.1) is 0 Å². The molecule has 12 nitrogen and oxygen atoms in total. The number of carboxylic acids is 1. The molecule has 4 atom stereocenters. The Hall–Kier alpha value is -2.38. The van der Waals surface area contributed by atoms with Gasteiger partial charge in [-0.25, -0.2) is 4.79 Å². The smallest absolute Gasteiger partial charge is 0.326 e. The summed E-state index contributed by atoms with van der Waals surface area (Å²) in [6, 6.07) is -3.83. The van der Waals surface area contributed by atoms with Gasteiger partial charge in [-0.3, -0.25) is 19.2 Å². The van der Waals surface area contributed by atoms with Crippen molar-refractivity contribution >= 4 is 41.4 Å². The second kappa shape index (κ2) is 12.9. The van der Waals surface area contributed by atoms with Crippen molar-refractivity contribution in [2.24, 2.45) is 11.5 Å². The van der Waals surface area contributed by atoms with Crippen molar-refractivity contribution in [3.05, 3.63) is 0 Å². The molecule has 0 aliphatic carbocycles. The van der Waals surface area contributed by atoms with Crippen LogP contribution in [0.1, 0.15) is 19.8 Å². The zero-order chi connectivity index (χ0) is 21.9. The van der Waals surface area contributed by atoms with Gasteiger partial charge in [0.2, 0.25) is 23.6 Å². The van der Waals surface area contributed by atoms with Crippen molar-refractivity contribution in [2.45, 2.75) is 44.0 Å². The number of hydrogen-bond donors (Lipinski definition) is 7. The van der Waals surface area contributed by atoms with Gasteiger partial charge in [0, 0.05) is 0 Å². The van der Waals surface area contributed by atoms with E-state index in [9.17, 15) is 29.1 Å². The number of amides is 4. The number of aliphatic hydroxyl groups excluding tert-OH is 1. The second-order valence-electron chi connectivity index (χ2n) is 5.96. The molecule has 13 heteroatoms. The molecule has 0 saturated heterocycles. The number of primary amides is 1. The highest BCUT2D eigenvalue weighted by atomic mass is 32.2. The van der Waals surface area contributed by atoms with Crippen LogP contribution < -0.4 is 27.4 Å². The van der Waals surface area contributed by atoms with Crippen molar-refractivity contribution in [1.82, 2.24) is 16.0 Å². The van der Waals surface area contributed by atoms with Crippen LogP contribution in [-0.2, 0) is 24.0 Å². The van der Waals surface area contributed by atoms with Gasteiger partial charge in [0.15, 0.2) is 0 Å². The number of thioether (sulfide) groups is 1. The summed E-state index contributed by atoms with van der Waals surface area (Å²) >= 11 is 1.40. The van der Waals surface area contributed by atoms with E-state index in [1.165, 1.54) is 18.7 Å². The molecule has 0 aliphatic rings. The van der Waals surface area contributed by atoms with Gasteiger partial charge in [0.05, 0.1) is 25.1 Å². The Balaban J connectivity index is 4.76. The number of nitrogens with two attached hydrogens (primary N) is 2. The summed E-state index contributed by atoms with van der Waals surface area (Å²) in [5.41, 5.74) is 10.3. The third-order valence-electron chi connectivity index (χ3n) is 3.49. The summed E-state index contributed by atoms with van der Waals surface area (Å²) in [5.74, 6) is -4.04. The summed E-state index contributed by atoms with van der Waals surface area (Å²) in [7, 11) is 0. The standard InChI is InChI=1S/C15H27N5O7S/c1-7(21)12(14(25)19-9(15(26)27)3-4-28-2)20-11(23)6-18-13(24)8(16)5-10(17)22/h7-9,12,21H,3-6,16H2,1-2H3,(H2,17,22)(H,18,24)(H,19,25)(H,20,23)(H,26,27). The predicted octanol–water partition coefficient (Wildman–Crippen LogP) is -3.51. The first-order valence-electron chi connectivity index (χ1n) is 8.30. The van der Waals surface area contributed by atoms with Crippen molar-refractivity contribution in [3.8, 4) is 0 Å². The third kappa shape index (κ3) is 10.1. The van der Waals surface area contributed by atoms with Crippen LogP contribution >= 0.6 is 11.8 Å². The maximum Gasteiger partial charge on any atom is 0.326 e. The van der Waals surface area contributed by atoms with Crippen molar-refractivity contribution in [1.29, 1.82) is 0 Å². The normalized spacial score (nSPS) is 14.9. The number of carboxylic acid groups (broad SMARTS) is 1. The average Bonchev–Trinajstić information content (AvgIpc) is 2.59. The molecule has 0 saturated carbocycles. The number of nitrogens with one attached hydrogen (secondary N) is 3. The molecule has 28 heavy (non-hydrogen) atoms. The molecule has 0 aliphatic heterocycles. The van der Waals surface area contributed by atoms with E-state index in [0.29, 0.717) is 5.75 Å². The van der Waals surface area contributed by atoms with E-state index in [4.69, 9.17) is 16.6 Å². The molecule has 0 radical (unpaired) electrons. The largest absolute Gasteiger partial charge is 0.480 e. The average molecular weight is 421 g/mol. The molecule has 160 valence electrons. The minimum Gasteiger partial charge on any atom is -0.480 e. The number of hydrogen-bond acceptors (Lipinski definition) is 8. The highest BCUT2D eigenvalue weighted by molar-refractivity contribution is 7.98. The molecular weight excluding hydrogens is 394 g/mol. The zero-order valence-corrected chi connectivity index (χ0v) is 16.5. The van der Waals surface area contributed by atoms with E-state index < -0.39 is 66.8 Å². The van der Waals surface area contributed by atoms with Crippen LogP contribution in [0.5, 0.6) is 0 Å². The highest BCUT2D eigenvalue weighted by Crippen LogP contribution is 2.03. The maximum absolute atomic E-state index is 12.3. The van der Waals surface area contributed by atoms with Crippen molar-refractivity contribution < 1.29 is 34.2 Å².